The Balaban J connectivity index is 1.20. The highest BCUT2D eigenvalue weighted by molar-refractivity contribution is 7.22. The Bertz CT molecular complexity index is 2480. The number of furan rings is 1. The Morgan fingerprint density at radius 2 is 1.16 bits per heavy atom. The van der Waals surface area contributed by atoms with Crippen LogP contribution < -0.4 is 4.90 Å². The highest BCUT2D eigenvalue weighted by Gasteiger charge is 2.20. The topological polar surface area (TPSA) is 29.3 Å². The molecule has 9 rings (SSSR count). The molecule has 212 valence electrons. The fraction of sp³-hybridized carbons (Fsp3) is 0. The van der Waals surface area contributed by atoms with Gasteiger partial charge in [0.2, 0.25) is 0 Å². The number of aromatic nitrogens is 1. The van der Waals surface area contributed by atoms with Crippen molar-refractivity contribution >= 4 is 71.3 Å². The van der Waals surface area contributed by atoms with Gasteiger partial charge >= 0.3 is 0 Å². The van der Waals surface area contributed by atoms with E-state index in [9.17, 15) is 0 Å². The molecule has 0 atom stereocenters. The molecule has 0 aliphatic heterocycles. The third-order valence-corrected chi connectivity index (χ3v) is 9.64. The lowest BCUT2D eigenvalue weighted by Crippen LogP contribution is -2.10. The quantitative estimate of drug-likeness (QED) is 0.198. The van der Waals surface area contributed by atoms with Crippen molar-refractivity contribution < 1.29 is 4.42 Å². The Kier molecular flexibility index (Phi) is 6.00. The van der Waals surface area contributed by atoms with Gasteiger partial charge in [-0.05, 0) is 65.0 Å². The van der Waals surface area contributed by atoms with Crippen LogP contribution >= 0.6 is 11.3 Å². The van der Waals surface area contributed by atoms with Crippen LogP contribution in [0.4, 0.5) is 17.1 Å². The molecule has 4 heteroatoms. The predicted octanol–water partition coefficient (Wildman–Crippen LogP) is 12.2. The van der Waals surface area contributed by atoms with Crippen LogP contribution in [0.3, 0.4) is 0 Å². The van der Waals surface area contributed by atoms with Gasteiger partial charge in [0.15, 0.2) is 0 Å². The molecule has 0 N–H and O–H groups in total. The van der Waals surface area contributed by atoms with Crippen LogP contribution in [-0.4, -0.2) is 4.98 Å². The van der Waals surface area contributed by atoms with Crippen LogP contribution in [0.2, 0.25) is 0 Å². The Morgan fingerprint density at radius 3 is 1.96 bits per heavy atom. The largest absolute Gasteiger partial charge is 0.456 e. The lowest BCUT2D eigenvalue weighted by Gasteiger charge is -2.26. The summed E-state index contributed by atoms with van der Waals surface area (Å²) in [5.74, 6) is 0. The first-order valence-electron chi connectivity index (χ1n) is 15.1. The lowest BCUT2D eigenvalue weighted by atomic mass is 9.97. The second-order valence-electron chi connectivity index (χ2n) is 11.2. The van der Waals surface area contributed by atoms with Crippen molar-refractivity contribution in [3.8, 4) is 21.7 Å². The molecule has 0 aliphatic carbocycles. The van der Waals surface area contributed by atoms with Crippen molar-refractivity contribution in [3.05, 3.63) is 158 Å². The molecule has 0 amide bonds. The minimum atomic E-state index is 0.879. The maximum atomic E-state index is 6.27. The van der Waals surface area contributed by atoms with Gasteiger partial charge in [-0.25, -0.2) is 4.98 Å². The summed E-state index contributed by atoms with van der Waals surface area (Å²) in [7, 11) is 0. The van der Waals surface area contributed by atoms with Crippen LogP contribution in [0.1, 0.15) is 0 Å². The molecule has 7 aromatic carbocycles. The van der Waals surface area contributed by atoms with E-state index < -0.39 is 0 Å². The smallest absolute Gasteiger partial charge is 0.137 e. The summed E-state index contributed by atoms with van der Waals surface area (Å²) in [6, 6.07) is 55.4. The molecule has 0 radical (unpaired) electrons. The second-order valence-corrected chi connectivity index (χ2v) is 12.2. The van der Waals surface area contributed by atoms with E-state index in [-0.39, 0.29) is 0 Å². The fourth-order valence-corrected chi connectivity index (χ4v) is 7.52. The Labute approximate surface area is 264 Å². The van der Waals surface area contributed by atoms with Gasteiger partial charge in [0, 0.05) is 27.7 Å². The number of anilines is 3. The Morgan fingerprint density at radius 1 is 0.511 bits per heavy atom. The normalized spacial score (nSPS) is 11.6. The van der Waals surface area contributed by atoms with Gasteiger partial charge in [-0.3, -0.25) is 0 Å². The average molecular weight is 595 g/mol. The molecule has 0 bridgehead atoms. The van der Waals surface area contributed by atoms with E-state index in [2.05, 4.69) is 138 Å². The second kappa shape index (κ2) is 10.5. The third-order valence-electron chi connectivity index (χ3n) is 8.49. The first kappa shape index (κ1) is 25.8. The molecule has 0 fully saturated rings. The molecule has 3 nitrogen and oxygen atoms in total. The van der Waals surface area contributed by atoms with E-state index >= 15 is 0 Å². The molecule has 0 unspecified atom stereocenters. The highest BCUT2D eigenvalue weighted by Crippen LogP contribution is 2.44. The summed E-state index contributed by atoms with van der Waals surface area (Å²) < 4.78 is 7.49. The summed E-state index contributed by atoms with van der Waals surface area (Å²) in [6.45, 7) is 0. The third kappa shape index (κ3) is 4.30. The highest BCUT2D eigenvalue weighted by atomic mass is 32.1. The van der Waals surface area contributed by atoms with E-state index in [1.54, 1.807) is 11.3 Å². The van der Waals surface area contributed by atoms with Crippen molar-refractivity contribution in [2.45, 2.75) is 0 Å². The van der Waals surface area contributed by atoms with E-state index in [1.807, 2.05) is 24.3 Å². The summed E-state index contributed by atoms with van der Waals surface area (Å²) >= 11 is 1.76. The zero-order chi connectivity index (χ0) is 29.7. The predicted molar refractivity (Wildman–Crippen MR) is 190 cm³/mol. The lowest BCUT2D eigenvalue weighted by molar-refractivity contribution is 0.669. The standard InChI is InChI=1S/C41H26N2OS/c1-3-12-28(13-4-1)41-42-35-26-34(31-16-7-8-17-32(31)40(35)45-41)27-22-24-30(25-23-27)43(29-14-5-2-6-15-29)36-19-11-21-38-39(36)33-18-9-10-20-37(33)44-38/h1-26H. The van der Waals surface area contributed by atoms with Crippen molar-refractivity contribution in [3.63, 3.8) is 0 Å². The molecule has 0 saturated carbocycles. The molecule has 0 spiro atoms. The zero-order valence-electron chi connectivity index (χ0n) is 24.2. The summed E-state index contributed by atoms with van der Waals surface area (Å²) in [5, 5.41) is 5.73. The first-order valence-corrected chi connectivity index (χ1v) is 15.9. The van der Waals surface area contributed by atoms with Gasteiger partial charge in [0.1, 0.15) is 16.2 Å². The average Bonchev–Trinajstić information content (AvgIpc) is 3.72. The monoisotopic (exact) mass is 594 g/mol. The van der Waals surface area contributed by atoms with Gasteiger partial charge in [0.05, 0.1) is 21.3 Å². The van der Waals surface area contributed by atoms with Gasteiger partial charge in [-0.1, -0.05) is 109 Å². The van der Waals surface area contributed by atoms with Crippen LogP contribution in [0.5, 0.6) is 0 Å². The van der Waals surface area contributed by atoms with Gasteiger partial charge in [0.25, 0.3) is 0 Å². The molecule has 2 aromatic heterocycles. The summed E-state index contributed by atoms with van der Waals surface area (Å²) in [6.07, 6.45) is 0. The number of thiazole rings is 1. The minimum Gasteiger partial charge on any atom is -0.456 e. The first-order chi connectivity index (χ1) is 22.3. The molecule has 9 aromatic rings. The maximum Gasteiger partial charge on any atom is 0.137 e. The van der Waals surface area contributed by atoms with Gasteiger partial charge in [-0.15, -0.1) is 11.3 Å². The van der Waals surface area contributed by atoms with E-state index in [0.717, 1.165) is 60.7 Å². The van der Waals surface area contributed by atoms with E-state index in [1.165, 1.54) is 21.0 Å². The molecular weight excluding hydrogens is 569 g/mol. The number of fused-ring (bicyclic) bond motifs is 6. The van der Waals surface area contributed by atoms with Crippen molar-refractivity contribution in [1.82, 2.24) is 4.98 Å². The fourth-order valence-electron chi connectivity index (χ4n) is 6.43. The number of nitrogens with zero attached hydrogens (tertiary/aromatic N) is 2. The van der Waals surface area contributed by atoms with Crippen LogP contribution in [0.25, 0.3) is 64.6 Å². The zero-order valence-corrected chi connectivity index (χ0v) is 25.0. The SMILES string of the molecule is c1ccc(-c2nc3cc(-c4ccc(N(c5ccccc5)c5cccc6oc7ccccc7c56)cc4)c4ccccc4c3s2)cc1. The maximum absolute atomic E-state index is 6.27. The van der Waals surface area contributed by atoms with Crippen LogP contribution in [0, 0.1) is 0 Å². The molecule has 0 aliphatic rings. The van der Waals surface area contributed by atoms with Gasteiger partial charge < -0.3 is 9.32 Å². The molecular formula is C41H26N2OS. The summed E-state index contributed by atoms with van der Waals surface area (Å²) in [5.41, 5.74) is 9.54. The molecule has 0 saturated heterocycles. The van der Waals surface area contributed by atoms with Crippen LogP contribution in [0.15, 0.2) is 162 Å². The molecule has 2 heterocycles. The minimum absolute atomic E-state index is 0.879. The van der Waals surface area contributed by atoms with Crippen LogP contribution in [-0.2, 0) is 0 Å². The Hall–Kier alpha value is -5.71. The number of benzene rings is 7. The number of hydrogen-bond donors (Lipinski definition) is 0. The van der Waals surface area contributed by atoms with E-state index in [0.29, 0.717) is 0 Å². The van der Waals surface area contributed by atoms with Crippen molar-refractivity contribution in [2.24, 2.45) is 0 Å². The van der Waals surface area contributed by atoms with Crippen molar-refractivity contribution in [2.75, 3.05) is 4.90 Å². The molecule has 45 heavy (non-hydrogen) atoms. The van der Waals surface area contributed by atoms with Crippen molar-refractivity contribution in [1.29, 1.82) is 0 Å². The number of para-hydroxylation sites is 2. The van der Waals surface area contributed by atoms with Gasteiger partial charge in [-0.2, -0.15) is 0 Å². The number of rotatable bonds is 5. The summed E-state index contributed by atoms with van der Waals surface area (Å²) in [4.78, 5) is 7.42. The van der Waals surface area contributed by atoms with E-state index in [4.69, 9.17) is 9.40 Å². The number of hydrogen-bond acceptors (Lipinski definition) is 4.